The Hall–Kier alpha value is -2.75. The molecule has 9 nitrogen and oxygen atoms in total. The molecule has 10 heteroatoms. The molecule has 0 unspecified atom stereocenters. The first-order valence-corrected chi connectivity index (χ1v) is 8.77. The maximum atomic E-state index is 12.3. The molecule has 0 aliphatic rings. The number of benzene rings is 1. The lowest BCUT2D eigenvalue weighted by Gasteiger charge is -2.06. The molecule has 0 amide bonds. The highest BCUT2D eigenvalue weighted by atomic mass is 32.2. The minimum Gasteiger partial charge on any atom is -0.292 e. The summed E-state index contributed by atoms with van der Waals surface area (Å²) in [5, 5.41) is 15.0. The van der Waals surface area contributed by atoms with Crippen LogP contribution in [0.2, 0.25) is 0 Å². The number of Topliss-reactive ketones (excluding diaryl/α,β-unsaturated/α-hetero) is 1. The van der Waals surface area contributed by atoms with Crippen molar-refractivity contribution in [3.8, 4) is 0 Å². The van der Waals surface area contributed by atoms with Gasteiger partial charge in [0.2, 0.25) is 10.0 Å². The van der Waals surface area contributed by atoms with E-state index in [4.69, 9.17) is 0 Å². The Morgan fingerprint density at radius 3 is 2.33 bits per heavy atom. The number of ketones is 1. The van der Waals surface area contributed by atoms with E-state index in [1.54, 1.807) is 0 Å². The first-order chi connectivity index (χ1) is 11.1. The van der Waals surface area contributed by atoms with Gasteiger partial charge in [-0.2, -0.15) is 5.10 Å². The SMILES string of the molecule is Cc1nn(CC(=O)c2ccc(NS(C)(=O)=O)cc2)c(C)c1[N+](=O)[O-]. The van der Waals surface area contributed by atoms with Crippen molar-refractivity contribution >= 4 is 27.2 Å². The van der Waals surface area contributed by atoms with Gasteiger partial charge >= 0.3 is 5.69 Å². The van der Waals surface area contributed by atoms with Crippen LogP contribution in [0.3, 0.4) is 0 Å². The lowest BCUT2D eigenvalue weighted by molar-refractivity contribution is -0.386. The molecule has 1 N–H and O–H groups in total. The van der Waals surface area contributed by atoms with Crippen LogP contribution in [0.5, 0.6) is 0 Å². The molecular formula is C14H16N4O5S. The van der Waals surface area contributed by atoms with Crippen molar-refractivity contribution in [1.29, 1.82) is 0 Å². The molecule has 0 radical (unpaired) electrons. The zero-order valence-corrected chi connectivity index (χ0v) is 14.1. The van der Waals surface area contributed by atoms with E-state index >= 15 is 0 Å². The monoisotopic (exact) mass is 352 g/mol. The molecule has 2 rings (SSSR count). The van der Waals surface area contributed by atoms with E-state index in [2.05, 4.69) is 9.82 Å². The van der Waals surface area contributed by atoms with Crippen molar-refractivity contribution in [3.63, 3.8) is 0 Å². The van der Waals surface area contributed by atoms with Gasteiger partial charge in [0.05, 0.1) is 11.2 Å². The molecule has 0 fully saturated rings. The number of nitrogens with one attached hydrogen (secondary N) is 1. The van der Waals surface area contributed by atoms with Crippen LogP contribution in [0.25, 0.3) is 0 Å². The summed E-state index contributed by atoms with van der Waals surface area (Å²) in [6.45, 7) is 2.90. The van der Waals surface area contributed by atoms with Crippen molar-refractivity contribution < 1.29 is 18.1 Å². The molecule has 0 spiro atoms. The summed E-state index contributed by atoms with van der Waals surface area (Å²) in [6, 6.07) is 5.90. The average molecular weight is 352 g/mol. The maximum Gasteiger partial charge on any atom is 0.312 e. The molecule has 2 aromatic rings. The third kappa shape index (κ3) is 3.96. The molecule has 0 saturated carbocycles. The van der Waals surface area contributed by atoms with Gasteiger partial charge in [0.15, 0.2) is 5.78 Å². The fourth-order valence-electron chi connectivity index (χ4n) is 2.27. The lowest BCUT2D eigenvalue weighted by Crippen LogP contribution is -2.14. The molecule has 128 valence electrons. The van der Waals surface area contributed by atoms with E-state index in [0.717, 1.165) is 6.26 Å². The van der Waals surface area contributed by atoms with E-state index in [1.807, 2.05) is 0 Å². The van der Waals surface area contributed by atoms with Crippen LogP contribution in [0.1, 0.15) is 21.7 Å². The third-order valence-corrected chi connectivity index (χ3v) is 3.94. The van der Waals surface area contributed by atoms with Gasteiger partial charge in [-0.05, 0) is 38.1 Å². The van der Waals surface area contributed by atoms with Gasteiger partial charge in [-0.3, -0.25) is 24.3 Å². The summed E-state index contributed by atoms with van der Waals surface area (Å²) in [6.07, 6.45) is 1.03. The van der Waals surface area contributed by atoms with Crippen molar-refractivity contribution in [3.05, 3.63) is 51.3 Å². The predicted octanol–water partition coefficient (Wildman–Crippen LogP) is 1.66. The quantitative estimate of drug-likeness (QED) is 0.479. The summed E-state index contributed by atoms with van der Waals surface area (Å²) in [5.74, 6) is -0.290. The summed E-state index contributed by atoms with van der Waals surface area (Å²) in [4.78, 5) is 22.7. The molecule has 1 aromatic heterocycles. The molecule has 0 bridgehead atoms. The van der Waals surface area contributed by atoms with Gasteiger partial charge in [0.25, 0.3) is 0 Å². The first kappa shape index (κ1) is 17.6. The van der Waals surface area contributed by atoms with Gasteiger partial charge in [-0.25, -0.2) is 8.42 Å². The number of sulfonamides is 1. The zero-order valence-electron chi connectivity index (χ0n) is 13.3. The van der Waals surface area contributed by atoms with Gasteiger partial charge in [0, 0.05) is 11.3 Å². The van der Waals surface area contributed by atoms with Crippen LogP contribution >= 0.6 is 0 Å². The highest BCUT2D eigenvalue weighted by Gasteiger charge is 2.23. The van der Waals surface area contributed by atoms with E-state index < -0.39 is 14.9 Å². The molecule has 0 atom stereocenters. The normalized spacial score (nSPS) is 11.3. The van der Waals surface area contributed by atoms with Crippen LogP contribution < -0.4 is 4.72 Å². The number of rotatable bonds is 6. The minimum absolute atomic E-state index is 0.101. The van der Waals surface area contributed by atoms with Crippen molar-refractivity contribution in [1.82, 2.24) is 9.78 Å². The Morgan fingerprint density at radius 1 is 1.29 bits per heavy atom. The standard InChI is InChI=1S/C14H16N4O5S/c1-9-14(18(20)21)10(2)17(15-9)8-13(19)11-4-6-12(7-5-11)16-24(3,22)23/h4-7,16H,8H2,1-3H3. The lowest BCUT2D eigenvalue weighted by atomic mass is 10.1. The number of anilines is 1. The number of carbonyl (C=O) groups is 1. The van der Waals surface area contributed by atoms with Gasteiger partial charge < -0.3 is 0 Å². The van der Waals surface area contributed by atoms with Crippen LogP contribution in [0, 0.1) is 24.0 Å². The zero-order chi connectivity index (χ0) is 18.1. The Balaban J connectivity index is 2.19. The molecule has 24 heavy (non-hydrogen) atoms. The average Bonchev–Trinajstić information content (AvgIpc) is 2.72. The van der Waals surface area contributed by atoms with Crippen LogP contribution in [0.4, 0.5) is 11.4 Å². The Bertz CT molecular complexity index is 900. The molecule has 0 aliphatic carbocycles. The van der Waals surface area contributed by atoms with E-state index in [0.29, 0.717) is 16.9 Å². The molecular weight excluding hydrogens is 336 g/mol. The number of hydrogen-bond donors (Lipinski definition) is 1. The summed E-state index contributed by atoms with van der Waals surface area (Å²) >= 11 is 0. The summed E-state index contributed by atoms with van der Waals surface area (Å²) in [7, 11) is -3.39. The van der Waals surface area contributed by atoms with E-state index in [9.17, 15) is 23.3 Å². The predicted molar refractivity (Wildman–Crippen MR) is 87.6 cm³/mol. The fourth-order valence-corrected chi connectivity index (χ4v) is 2.84. The fraction of sp³-hybridized carbons (Fsp3) is 0.286. The molecule has 0 saturated heterocycles. The minimum atomic E-state index is -3.39. The van der Waals surface area contributed by atoms with E-state index in [-0.39, 0.29) is 23.7 Å². The van der Waals surface area contributed by atoms with Crippen molar-refractivity contribution in [2.24, 2.45) is 0 Å². The van der Waals surface area contributed by atoms with Crippen LogP contribution in [0.15, 0.2) is 24.3 Å². The molecule has 0 aliphatic heterocycles. The second-order valence-corrected chi connectivity index (χ2v) is 7.06. The smallest absolute Gasteiger partial charge is 0.292 e. The Labute approximate surface area is 138 Å². The Kier molecular flexibility index (Phi) is 4.69. The molecule has 1 heterocycles. The maximum absolute atomic E-state index is 12.3. The Morgan fingerprint density at radius 2 is 1.88 bits per heavy atom. The number of aromatic nitrogens is 2. The van der Waals surface area contributed by atoms with Gasteiger partial charge in [-0.15, -0.1) is 0 Å². The van der Waals surface area contributed by atoms with Crippen molar-refractivity contribution in [2.45, 2.75) is 20.4 Å². The number of aryl methyl sites for hydroxylation is 1. The van der Waals surface area contributed by atoms with E-state index in [1.165, 1.54) is 42.8 Å². The topological polar surface area (TPSA) is 124 Å². The number of hydrogen-bond acceptors (Lipinski definition) is 6. The second-order valence-electron chi connectivity index (χ2n) is 5.31. The number of nitrogens with zero attached hydrogens (tertiary/aromatic N) is 3. The van der Waals surface area contributed by atoms with Crippen LogP contribution in [-0.2, 0) is 16.6 Å². The van der Waals surface area contributed by atoms with Crippen molar-refractivity contribution in [2.75, 3.05) is 11.0 Å². The number of carbonyl (C=O) groups excluding carboxylic acids is 1. The second kappa shape index (κ2) is 6.40. The summed E-state index contributed by atoms with van der Waals surface area (Å²) < 4.78 is 25.9. The largest absolute Gasteiger partial charge is 0.312 e. The highest BCUT2D eigenvalue weighted by Crippen LogP contribution is 2.22. The van der Waals surface area contributed by atoms with Crippen LogP contribution in [-0.4, -0.2) is 35.2 Å². The first-order valence-electron chi connectivity index (χ1n) is 6.88. The summed E-state index contributed by atoms with van der Waals surface area (Å²) in [5.41, 5.74) is 1.15. The molecule has 1 aromatic carbocycles. The number of nitro groups is 1. The third-order valence-electron chi connectivity index (χ3n) is 3.33. The van der Waals surface area contributed by atoms with Gasteiger partial charge in [0.1, 0.15) is 17.9 Å². The highest BCUT2D eigenvalue weighted by molar-refractivity contribution is 7.92. The van der Waals surface area contributed by atoms with Gasteiger partial charge in [-0.1, -0.05) is 0 Å².